The minimum atomic E-state index is -1.20. The number of rotatable bonds is 2. The van der Waals surface area contributed by atoms with Gasteiger partial charge in [-0.1, -0.05) is 0 Å². The molecule has 112 valence electrons. The maximum atomic E-state index is 13.2. The fourth-order valence-corrected chi connectivity index (χ4v) is 2.28. The number of ketones is 1. The normalized spacial score (nSPS) is 19.9. The molecule has 1 heterocycles. The zero-order chi connectivity index (χ0) is 15.8. The number of hydrogen-bond donors (Lipinski definition) is 1. The second-order valence-corrected chi connectivity index (χ2v) is 5.27. The van der Waals surface area contributed by atoms with Crippen LogP contribution in [0.25, 0.3) is 0 Å². The average Bonchev–Trinajstić information content (AvgIpc) is 2.46. The molecule has 1 N–H and O–H groups in total. The molecule has 0 aromatic heterocycles. The van der Waals surface area contributed by atoms with E-state index in [9.17, 15) is 19.1 Å². The number of carbonyl (C=O) groups excluding carboxylic acids is 2. The molecule has 0 radical (unpaired) electrons. The molecule has 5 nitrogen and oxygen atoms in total. The summed E-state index contributed by atoms with van der Waals surface area (Å²) in [7, 11) is 1.22. The van der Waals surface area contributed by atoms with E-state index in [-0.39, 0.29) is 16.9 Å². The van der Waals surface area contributed by atoms with E-state index < -0.39 is 29.1 Å². The third-order valence-electron chi connectivity index (χ3n) is 3.48. The number of aliphatic hydroxyl groups excluding tert-OH is 1. The number of benzene rings is 1. The Kier molecular flexibility index (Phi) is 3.72. The molecule has 0 saturated carbocycles. The fourth-order valence-electron chi connectivity index (χ4n) is 2.28. The number of esters is 1. The second-order valence-electron chi connectivity index (χ2n) is 5.27. The van der Waals surface area contributed by atoms with Crippen molar-refractivity contribution >= 4 is 11.8 Å². The molecule has 0 saturated heterocycles. The van der Waals surface area contributed by atoms with Crippen LogP contribution < -0.4 is 4.74 Å². The number of hydrogen-bond acceptors (Lipinski definition) is 5. The fraction of sp³-hybridized carbons (Fsp3) is 0.333. The van der Waals surface area contributed by atoms with Gasteiger partial charge in [0.1, 0.15) is 23.1 Å². The van der Waals surface area contributed by atoms with Crippen molar-refractivity contribution in [3.63, 3.8) is 0 Å². The maximum Gasteiger partial charge on any atom is 0.315 e. The lowest BCUT2D eigenvalue weighted by Gasteiger charge is -2.36. The van der Waals surface area contributed by atoms with Gasteiger partial charge in [0.05, 0.1) is 24.5 Å². The summed E-state index contributed by atoms with van der Waals surface area (Å²) in [4.78, 5) is 24.2. The lowest BCUT2D eigenvalue weighted by atomic mass is 9.79. The molecule has 6 heteroatoms. The van der Waals surface area contributed by atoms with Crippen LogP contribution in [0, 0.1) is 11.2 Å². The van der Waals surface area contributed by atoms with E-state index in [0.29, 0.717) is 6.26 Å². The molecule has 21 heavy (non-hydrogen) atoms. The Bertz CT molecular complexity index is 633. The highest BCUT2D eigenvalue weighted by Gasteiger charge is 2.47. The predicted octanol–water partition coefficient (Wildman–Crippen LogP) is 2.41. The molecule has 1 aromatic carbocycles. The number of ether oxygens (including phenoxy) is 2. The van der Waals surface area contributed by atoms with Crippen LogP contribution in [0.15, 0.2) is 30.0 Å². The lowest BCUT2D eigenvalue weighted by molar-refractivity contribution is -0.155. The Balaban J connectivity index is 2.54. The number of fused-ring (bicyclic) bond motifs is 1. The monoisotopic (exact) mass is 294 g/mol. The summed E-state index contributed by atoms with van der Waals surface area (Å²) in [6, 6.07) is 3.50. The summed E-state index contributed by atoms with van der Waals surface area (Å²) in [5.41, 5.74) is -1.32. The first-order chi connectivity index (χ1) is 9.82. The number of carbonyl (C=O) groups is 2. The average molecular weight is 294 g/mol. The van der Waals surface area contributed by atoms with E-state index in [2.05, 4.69) is 0 Å². The van der Waals surface area contributed by atoms with Crippen LogP contribution in [-0.2, 0) is 9.53 Å². The third-order valence-corrected chi connectivity index (χ3v) is 3.48. The van der Waals surface area contributed by atoms with E-state index >= 15 is 0 Å². The van der Waals surface area contributed by atoms with Crippen molar-refractivity contribution in [1.29, 1.82) is 0 Å². The first-order valence-electron chi connectivity index (χ1n) is 6.26. The van der Waals surface area contributed by atoms with Crippen LogP contribution in [0.5, 0.6) is 5.75 Å². The van der Waals surface area contributed by atoms with E-state index in [0.717, 1.165) is 12.1 Å². The Morgan fingerprint density at radius 2 is 2.14 bits per heavy atom. The van der Waals surface area contributed by atoms with Gasteiger partial charge in [0.15, 0.2) is 5.78 Å². The summed E-state index contributed by atoms with van der Waals surface area (Å²) in [5, 5.41) is 9.34. The summed E-state index contributed by atoms with van der Waals surface area (Å²) < 4.78 is 23.6. The van der Waals surface area contributed by atoms with E-state index in [1.807, 2.05) is 0 Å². The van der Waals surface area contributed by atoms with Gasteiger partial charge in [0, 0.05) is 0 Å². The van der Waals surface area contributed by atoms with Crippen LogP contribution in [0.4, 0.5) is 4.39 Å². The number of halogens is 1. The van der Waals surface area contributed by atoms with Gasteiger partial charge in [-0.15, -0.1) is 0 Å². The van der Waals surface area contributed by atoms with Crippen molar-refractivity contribution in [1.82, 2.24) is 0 Å². The molecule has 0 aliphatic carbocycles. The first kappa shape index (κ1) is 15.0. The Morgan fingerprint density at radius 1 is 1.48 bits per heavy atom. The molecule has 0 spiro atoms. The SMILES string of the molecule is COC(=O)C(C)(C)C1Oc2ccc(F)cc2C(=O)/C1=C/O. The Hall–Kier alpha value is -2.37. The third kappa shape index (κ3) is 2.37. The van der Waals surface area contributed by atoms with Crippen molar-refractivity contribution in [2.75, 3.05) is 7.11 Å². The molecule has 2 rings (SSSR count). The zero-order valence-corrected chi connectivity index (χ0v) is 11.8. The van der Waals surface area contributed by atoms with Crippen LogP contribution in [0.3, 0.4) is 0 Å². The quantitative estimate of drug-likeness (QED) is 0.515. The van der Waals surface area contributed by atoms with Crippen LogP contribution in [0.2, 0.25) is 0 Å². The molecular formula is C15H15FO5. The van der Waals surface area contributed by atoms with Crippen molar-refractivity contribution in [2.45, 2.75) is 20.0 Å². The van der Waals surface area contributed by atoms with Crippen LogP contribution in [0.1, 0.15) is 24.2 Å². The van der Waals surface area contributed by atoms with Crippen molar-refractivity contribution in [3.8, 4) is 5.75 Å². The Labute approximate surface area is 121 Å². The van der Waals surface area contributed by atoms with Gasteiger partial charge >= 0.3 is 5.97 Å². The van der Waals surface area contributed by atoms with Crippen LogP contribution >= 0.6 is 0 Å². The highest BCUT2D eigenvalue weighted by molar-refractivity contribution is 6.12. The van der Waals surface area contributed by atoms with Gasteiger partial charge in [0.25, 0.3) is 0 Å². The van der Waals surface area contributed by atoms with Crippen molar-refractivity contribution in [3.05, 3.63) is 41.4 Å². The lowest BCUT2D eigenvalue weighted by Crippen LogP contribution is -2.46. The number of aliphatic hydroxyl groups is 1. The van der Waals surface area contributed by atoms with Gasteiger partial charge in [0.2, 0.25) is 0 Å². The molecule has 0 fully saturated rings. The number of methoxy groups -OCH3 is 1. The first-order valence-corrected chi connectivity index (χ1v) is 6.26. The standard InChI is InChI=1S/C15H15FO5/c1-15(2,14(19)20-3)13-10(7-17)12(18)9-6-8(16)4-5-11(9)21-13/h4-7,13,17H,1-3H3/b10-7-. The van der Waals surface area contributed by atoms with Crippen molar-refractivity contribution < 1.29 is 28.6 Å². The minimum Gasteiger partial charge on any atom is -0.515 e. The molecule has 1 aliphatic heterocycles. The summed E-state index contributed by atoms with van der Waals surface area (Å²) in [5.74, 6) is -1.60. The van der Waals surface area contributed by atoms with E-state index in [1.165, 1.54) is 27.0 Å². The van der Waals surface area contributed by atoms with Gasteiger partial charge in [-0.05, 0) is 32.0 Å². The Morgan fingerprint density at radius 3 is 2.71 bits per heavy atom. The summed E-state index contributed by atoms with van der Waals surface area (Å²) in [6.45, 7) is 3.07. The van der Waals surface area contributed by atoms with Gasteiger partial charge in [-0.3, -0.25) is 9.59 Å². The molecule has 1 atom stereocenters. The highest BCUT2D eigenvalue weighted by Crippen LogP contribution is 2.39. The minimum absolute atomic E-state index is 0.00668. The van der Waals surface area contributed by atoms with Crippen LogP contribution in [-0.4, -0.2) is 30.1 Å². The van der Waals surface area contributed by atoms with E-state index in [1.54, 1.807) is 0 Å². The topological polar surface area (TPSA) is 72.8 Å². The predicted molar refractivity (Wildman–Crippen MR) is 71.7 cm³/mol. The maximum absolute atomic E-state index is 13.2. The second kappa shape index (κ2) is 5.20. The molecule has 1 unspecified atom stereocenters. The molecule has 0 bridgehead atoms. The molecular weight excluding hydrogens is 279 g/mol. The van der Waals surface area contributed by atoms with Gasteiger partial charge in [-0.25, -0.2) is 4.39 Å². The largest absolute Gasteiger partial charge is 0.515 e. The summed E-state index contributed by atoms with van der Waals surface area (Å²) >= 11 is 0. The summed E-state index contributed by atoms with van der Waals surface area (Å²) in [6.07, 6.45) is -0.439. The zero-order valence-electron chi connectivity index (χ0n) is 11.8. The van der Waals surface area contributed by atoms with Crippen molar-refractivity contribution in [2.24, 2.45) is 5.41 Å². The van der Waals surface area contributed by atoms with Gasteiger partial charge in [-0.2, -0.15) is 0 Å². The molecule has 1 aromatic rings. The molecule has 1 aliphatic rings. The molecule has 0 amide bonds. The number of Topliss-reactive ketones (excluding diaryl/α,β-unsaturated/α-hetero) is 1. The smallest absolute Gasteiger partial charge is 0.315 e. The van der Waals surface area contributed by atoms with E-state index in [4.69, 9.17) is 9.47 Å². The highest BCUT2D eigenvalue weighted by atomic mass is 19.1. The van der Waals surface area contributed by atoms with Gasteiger partial charge < -0.3 is 14.6 Å².